The Morgan fingerprint density at radius 1 is 1.43 bits per heavy atom. The highest BCUT2D eigenvalue weighted by atomic mass is 19.1. The van der Waals surface area contributed by atoms with Crippen LogP contribution in [0.25, 0.3) is 0 Å². The van der Waals surface area contributed by atoms with Crippen LogP contribution in [0.3, 0.4) is 0 Å². The zero-order valence-electron chi connectivity index (χ0n) is 10.8. The number of aromatic nitrogens is 2. The third-order valence-electron chi connectivity index (χ3n) is 2.83. The lowest BCUT2D eigenvalue weighted by atomic mass is 10.1. The minimum absolute atomic E-state index is 0.0629. The number of halogens is 2. The van der Waals surface area contributed by atoms with E-state index in [9.17, 15) is 23.7 Å². The summed E-state index contributed by atoms with van der Waals surface area (Å²) in [7, 11) is 1.66. The van der Waals surface area contributed by atoms with Crippen molar-refractivity contribution in [2.75, 3.05) is 0 Å². The van der Waals surface area contributed by atoms with Crippen LogP contribution in [0.1, 0.15) is 16.1 Å². The van der Waals surface area contributed by atoms with Crippen LogP contribution >= 0.6 is 0 Å². The van der Waals surface area contributed by atoms with Crippen LogP contribution in [0.2, 0.25) is 0 Å². The summed E-state index contributed by atoms with van der Waals surface area (Å²) in [5.41, 5.74) is -0.956. The lowest BCUT2D eigenvalue weighted by Gasteiger charge is -2.07. The molecule has 21 heavy (non-hydrogen) atoms. The van der Waals surface area contributed by atoms with Crippen molar-refractivity contribution in [2.24, 2.45) is 7.05 Å². The SMILES string of the molecule is Cn1nccc1CNC(=O)c1cc(F)c([N+](=O)[O-])cc1F. The molecule has 0 radical (unpaired) electrons. The molecule has 0 atom stereocenters. The minimum atomic E-state index is -1.27. The standard InChI is InChI=1S/C12H10F2N4O3/c1-17-7(2-3-16-17)6-15-12(19)8-4-10(14)11(18(20)21)5-9(8)13/h2-5H,6H2,1H3,(H,15,19). The largest absolute Gasteiger partial charge is 0.346 e. The highest BCUT2D eigenvalue weighted by Crippen LogP contribution is 2.21. The first-order chi connectivity index (χ1) is 9.90. The van der Waals surface area contributed by atoms with E-state index < -0.39 is 33.7 Å². The van der Waals surface area contributed by atoms with Gasteiger partial charge in [-0.05, 0) is 12.1 Å². The van der Waals surface area contributed by atoms with Gasteiger partial charge in [0.1, 0.15) is 5.82 Å². The van der Waals surface area contributed by atoms with Crippen molar-refractivity contribution in [1.82, 2.24) is 15.1 Å². The summed E-state index contributed by atoms with van der Waals surface area (Å²) in [5, 5.41) is 16.7. The summed E-state index contributed by atoms with van der Waals surface area (Å²) in [6.45, 7) is 0.0629. The number of nitro groups is 1. The molecule has 0 aliphatic carbocycles. The van der Waals surface area contributed by atoms with Gasteiger partial charge in [-0.3, -0.25) is 19.6 Å². The maximum absolute atomic E-state index is 13.6. The first-order valence-electron chi connectivity index (χ1n) is 5.78. The molecule has 9 heteroatoms. The Bertz CT molecular complexity index is 715. The van der Waals surface area contributed by atoms with Crippen molar-refractivity contribution in [3.63, 3.8) is 0 Å². The van der Waals surface area contributed by atoms with E-state index in [1.807, 2.05) is 0 Å². The van der Waals surface area contributed by atoms with Crippen LogP contribution in [0.15, 0.2) is 24.4 Å². The number of hydrogen-bond acceptors (Lipinski definition) is 4. The van der Waals surface area contributed by atoms with E-state index in [4.69, 9.17) is 0 Å². The number of nitrogens with zero attached hydrogens (tertiary/aromatic N) is 3. The van der Waals surface area contributed by atoms with Crippen molar-refractivity contribution in [2.45, 2.75) is 6.54 Å². The first kappa shape index (κ1) is 14.6. The Morgan fingerprint density at radius 3 is 2.71 bits per heavy atom. The van der Waals surface area contributed by atoms with Gasteiger partial charge < -0.3 is 5.32 Å². The average Bonchev–Trinajstić information content (AvgIpc) is 2.83. The maximum atomic E-state index is 13.6. The molecule has 0 unspecified atom stereocenters. The van der Waals surface area contributed by atoms with Gasteiger partial charge in [0.2, 0.25) is 5.82 Å². The summed E-state index contributed by atoms with van der Waals surface area (Å²) < 4.78 is 28.6. The Kier molecular flexibility index (Phi) is 3.92. The summed E-state index contributed by atoms with van der Waals surface area (Å²) in [6.07, 6.45) is 1.52. The van der Waals surface area contributed by atoms with Gasteiger partial charge in [-0.2, -0.15) is 9.49 Å². The Morgan fingerprint density at radius 2 is 2.14 bits per heavy atom. The van der Waals surface area contributed by atoms with E-state index in [1.54, 1.807) is 13.1 Å². The minimum Gasteiger partial charge on any atom is -0.346 e. The van der Waals surface area contributed by atoms with Crippen molar-refractivity contribution in [1.29, 1.82) is 0 Å². The molecule has 110 valence electrons. The number of benzene rings is 1. The number of hydrogen-bond donors (Lipinski definition) is 1. The number of rotatable bonds is 4. The van der Waals surface area contributed by atoms with Crippen molar-refractivity contribution in [3.8, 4) is 0 Å². The van der Waals surface area contributed by atoms with Gasteiger partial charge in [-0.15, -0.1) is 0 Å². The molecule has 0 saturated heterocycles. The second-order valence-electron chi connectivity index (χ2n) is 4.17. The quantitative estimate of drug-likeness (QED) is 0.684. The molecule has 1 aromatic carbocycles. The fourth-order valence-electron chi connectivity index (χ4n) is 1.69. The van der Waals surface area contributed by atoms with Crippen LogP contribution in [0.4, 0.5) is 14.5 Å². The van der Waals surface area contributed by atoms with Crippen LogP contribution in [-0.4, -0.2) is 20.6 Å². The zero-order valence-corrected chi connectivity index (χ0v) is 10.8. The lowest BCUT2D eigenvalue weighted by Crippen LogP contribution is -2.25. The Balaban J connectivity index is 2.18. The maximum Gasteiger partial charge on any atom is 0.307 e. The second kappa shape index (κ2) is 5.65. The molecule has 1 N–H and O–H groups in total. The molecule has 0 bridgehead atoms. The summed E-state index contributed by atoms with van der Waals surface area (Å²) >= 11 is 0. The fraction of sp³-hybridized carbons (Fsp3) is 0.167. The first-order valence-corrected chi connectivity index (χ1v) is 5.78. The predicted molar refractivity (Wildman–Crippen MR) is 67.4 cm³/mol. The van der Waals surface area contributed by atoms with Crippen LogP contribution in [0.5, 0.6) is 0 Å². The third-order valence-corrected chi connectivity index (χ3v) is 2.83. The summed E-state index contributed by atoms with van der Waals surface area (Å²) in [5.74, 6) is -3.31. The van der Waals surface area contributed by atoms with Crippen LogP contribution in [-0.2, 0) is 13.6 Å². The smallest absolute Gasteiger partial charge is 0.307 e. The predicted octanol–water partition coefficient (Wildman–Crippen LogP) is 1.54. The second-order valence-corrected chi connectivity index (χ2v) is 4.17. The van der Waals surface area contributed by atoms with E-state index in [0.717, 1.165) is 0 Å². The molecule has 0 spiro atoms. The van der Waals surface area contributed by atoms with E-state index in [1.165, 1.54) is 10.9 Å². The zero-order chi connectivity index (χ0) is 15.6. The van der Waals surface area contributed by atoms with Crippen molar-refractivity contribution < 1.29 is 18.5 Å². The van der Waals surface area contributed by atoms with Gasteiger partial charge in [0.05, 0.1) is 28.8 Å². The van der Waals surface area contributed by atoms with Gasteiger partial charge in [0, 0.05) is 13.2 Å². The highest BCUT2D eigenvalue weighted by Gasteiger charge is 2.22. The fourth-order valence-corrected chi connectivity index (χ4v) is 1.69. The number of nitro benzene ring substituents is 1. The molecule has 2 rings (SSSR count). The van der Waals surface area contributed by atoms with Gasteiger partial charge >= 0.3 is 5.69 Å². The monoisotopic (exact) mass is 296 g/mol. The molecule has 0 saturated carbocycles. The van der Waals surface area contributed by atoms with Gasteiger partial charge in [0.25, 0.3) is 5.91 Å². The van der Waals surface area contributed by atoms with E-state index >= 15 is 0 Å². The summed E-state index contributed by atoms with van der Waals surface area (Å²) in [6, 6.07) is 2.54. The number of aryl methyl sites for hydroxylation is 1. The van der Waals surface area contributed by atoms with Gasteiger partial charge in [0.15, 0.2) is 0 Å². The van der Waals surface area contributed by atoms with E-state index in [-0.39, 0.29) is 6.54 Å². The highest BCUT2D eigenvalue weighted by molar-refractivity contribution is 5.94. The lowest BCUT2D eigenvalue weighted by molar-refractivity contribution is -0.387. The Labute approximate surface area is 117 Å². The summed E-state index contributed by atoms with van der Waals surface area (Å²) in [4.78, 5) is 21.2. The van der Waals surface area contributed by atoms with Crippen LogP contribution < -0.4 is 5.32 Å². The third kappa shape index (κ3) is 3.02. The normalized spacial score (nSPS) is 10.4. The molecule has 0 aliphatic rings. The number of carbonyl (C=O) groups is 1. The van der Waals surface area contributed by atoms with E-state index in [2.05, 4.69) is 10.4 Å². The molecule has 1 heterocycles. The molecule has 1 amide bonds. The molecule has 7 nitrogen and oxygen atoms in total. The van der Waals surface area contributed by atoms with E-state index in [0.29, 0.717) is 17.8 Å². The number of nitrogens with one attached hydrogen (secondary N) is 1. The molecule has 0 aliphatic heterocycles. The number of carbonyl (C=O) groups excluding carboxylic acids is 1. The van der Waals surface area contributed by atoms with Gasteiger partial charge in [-0.25, -0.2) is 4.39 Å². The number of amides is 1. The molecular formula is C12H10F2N4O3. The van der Waals surface area contributed by atoms with Crippen molar-refractivity contribution >= 4 is 11.6 Å². The van der Waals surface area contributed by atoms with Gasteiger partial charge in [-0.1, -0.05) is 0 Å². The van der Waals surface area contributed by atoms with Crippen LogP contribution in [0, 0.1) is 21.7 Å². The molecule has 1 aromatic heterocycles. The molecule has 2 aromatic rings. The van der Waals surface area contributed by atoms with Crippen molar-refractivity contribution in [3.05, 3.63) is 57.4 Å². The molecular weight excluding hydrogens is 286 g/mol. The average molecular weight is 296 g/mol. The molecule has 0 fully saturated rings. The topological polar surface area (TPSA) is 90.1 Å². The Hall–Kier alpha value is -2.84.